The predicted octanol–water partition coefficient (Wildman–Crippen LogP) is 31.0. The van der Waals surface area contributed by atoms with Crippen molar-refractivity contribution in [2.24, 2.45) is 0 Å². The third kappa shape index (κ3) is 97.4. The maximum absolute atomic E-state index is 13.0. The number of aliphatic hydroxyl groups is 2. The van der Waals surface area contributed by atoms with Crippen molar-refractivity contribution >= 4 is 33.6 Å². The summed E-state index contributed by atoms with van der Waals surface area (Å²) in [4.78, 5) is 59.0. The van der Waals surface area contributed by atoms with E-state index in [9.17, 15) is 43.5 Å². The van der Waals surface area contributed by atoms with Crippen LogP contribution in [0.4, 0.5) is 0 Å². The Hall–Kier alpha value is -5.09. The molecule has 0 spiro atoms. The average molecular weight is 1760 g/mol. The Bertz CT molecular complexity index is 2920. The van der Waals surface area contributed by atoms with Gasteiger partial charge in [0, 0.05) is 19.3 Å². The molecule has 0 aliphatic heterocycles. The molecule has 0 aromatic heterocycles. The summed E-state index contributed by atoms with van der Waals surface area (Å²) < 4.78 is 61.4. The Labute approximate surface area is 752 Å². The second kappa shape index (κ2) is 96.0. The minimum atomic E-state index is -4.96. The van der Waals surface area contributed by atoms with Gasteiger partial charge in [0.15, 0.2) is 6.10 Å². The van der Waals surface area contributed by atoms with Gasteiger partial charge in [-0.25, -0.2) is 9.13 Å². The lowest BCUT2D eigenvalue weighted by Crippen LogP contribution is -2.30. The lowest BCUT2D eigenvalue weighted by molar-refractivity contribution is -0.161. The number of esters is 3. The van der Waals surface area contributed by atoms with Crippen LogP contribution in [0.25, 0.3) is 0 Å². The molecule has 0 heterocycles. The quantitative estimate of drug-likeness (QED) is 0.0146. The molecule has 0 bridgehead atoms. The maximum Gasteiger partial charge on any atom is 0.472 e. The summed E-state index contributed by atoms with van der Waals surface area (Å²) in [7, 11) is -9.83. The highest BCUT2D eigenvalue weighted by molar-refractivity contribution is 7.47. The average Bonchev–Trinajstić information content (AvgIpc) is 0.897. The van der Waals surface area contributed by atoms with Crippen LogP contribution in [0, 0.1) is 0 Å². The molecule has 0 aromatic rings. The number of carbonyl (C=O) groups excluding carboxylic acids is 3. The van der Waals surface area contributed by atoms with Crippen LogP contribution >= 0.6 is 15.6 Å². The van der Waals surface area contributed by atoms with Gasteiger partial charge >= 0.3 is 33.6 Å². The number of ether oxygens (including phenoxy) is 3. The second-order valence-electron chi connectivity index (χ2n) is 32.8. The molecule has 18 heteroatoms. The van der Waals surface area contributed by atoms with E-state index in [1.54, 1.807) is 0 Å². The van der Waals surface area contributed by atoms with Crippen LogP contribution in [0.15, 0.2) is 170 Å². The monoisotopic (exact) mass is 1760 g/mol. The lowest BCUT2D eigenvalue weighted by atomic mass is 10.0. The molecule has 4 N–H and O–H groups in total. The van der Waals surface area contributed by atoms with E-state index in [1.165, 1.54) is 231 Å². The molecule has 0 aliphatic carbocycles. The third-order valence-electron chi connectivity index (χ3n) is 20.9. The molecule has 0 rings (SSSR count). The molecule has 706 valence electrons. The molecule has 0 radical (unpaired) electrons. The Morgan fingerprint density at radius 2 is 0.439 bits per heavy atom. The Kier molecular flexibility index (Phi) is 92.0. The van der Waals surface area contributed by atoms with Crippen LogP contribution in [-0.2, 0) is 55.8 Å². The largest absolute Gasteiger partial charge is 0.472 e. The molecule has 0 saturated carbocycles. The Morgan fingerprint density at radius 3 is 0.707 bits per heavy atom. The van der Waals surface area contributed by atoms with Gasteiger partial charge in [-0.1, -0.05) is 422 Å². The van der Waals surface area contributed by atoms with Crippen molar-refractivity contribution in [2.45, 2.75) is 437 Å². The number of rotatable bonds is 93. The van der Waals surface area contributed by atoms with E-state index in [4.69, 9.17) is 32.3 Å². The van der Waals surface area contributed by atoms with Crippen LogP contribution in [0.2, 0.25) is 0 Å². The number of phosphoric acid groups is 2. The van der Waals surface area contributed by atoms with E-state index in [0.29, 0.717) is 25.7 Å². The van der Waals surface area contributed by atoms with Gasteiger partial charge in [0.25, 0.3) is 0 Å². The normalized spacial score (nSPS) is 14.4. The first-order valence-corrected chi connectivity index (χ1v) is 52.4. The zero-order valence-electron chi connectivity index (χ0n) is 78.1. The summed E-state index contributed by atoms with van der Waals surface area (Å²) in [6.45, 7) is 2.41. The number of carbonyl (C=O) groups is 3. The fourth-order valence-electron chi connectivity index (χ4n) is 13.5. The first-order valence-electron chi connectivity index (χ1n) is 49.4. The number of unbranched alkanes of at least 4 members (excludes halogenated alkanes) is 42. The minimum Gasteiger partial charge on any atom is -0.463 e. The SMILES string of the molecule is CC/C=C\C/C=C\C/C=C\C/C=C\C/C=C\CCCCCCCCCCCCCCCCCCCCCC(=O)OCC(O)COP(=O)(O)OCC(O)COP(=O)(O)OCC(COC(=O)CCCCCCCCCCCCCCCCCCCCC/C=C\C/C=C\C/C=C\C/C=C\CCCCC)OC(=O)CCC/C=C\C/C=C\C/C=C\C/C=C\C/C=C\CC. The van der Waals surface area contributed by atoms with Crippen molar-refractivity contribution in [1.82, 2.24) is 0 Å². The molecule has 5 atom stereocenters. The van der Waals surface area contributed by atoms with Crippen molar-refractivity contribution < 1.29 is 75.8 Å². The molecule has 0 amide bonds. The van der Waals surface area contributed by atoms with Crippen molar-refractivity contribution in [3.05, 3.63) is 170 Å². The van der Waals surface area contributed by atoms with E-state index in [-0.39, 0.29) is 19.3 Å². The first-order chi connectivity index (χ1) is 60.2. The van der Waals surface area contributed by atoms with Gasteiger partial charge in [-0.3, -0.25) is 32.5 Å². The van der Waals surface area contributed by atoms with E-state index >= 15 is 0 Å². The molecular formula is C105H180O16P2. The second-order valence-corrected chi connectivity index (χ2v) is 35.7. The number of phosphoric ester groups is 2. The van der Waals surface area contributed by atoms with Crippen molar-refractivity contribution in [3.63, 3.8) is 0 Å². The minimum absolute atomic E-state index is 0.0246. The Morgan fingerprint density at radius 1 is 0.236 bits per heavy atom. The fraction of sp³-hybridized carbons (Fsp3) is 0.705. The third-order valence-corrected chi connectivity index (χ3v) is 22.8. The Balaban J connectivity index is 4.45. The maximum atomic E-state index is 13.0. The van der Waals surface area contributed by atoms with E-state index in [1.807, 2.05) is 12.2 Å². The van der Waals surface area contributed by atoms with Gasteiger partial charge in [-0.05, 0) is 148 Å². The summed E-state index contributed by atoms with van der Waals surface area (Å²) in [5, 5.41) is 20.7. The smallest absolute Gasteiger partial charge is 0.463 e. The topological polar surface area (TPSA) is 231 Å². The zero-order chi connectivity index (χ0) is 89.3. The van der Waals surface area contributed by atoms with Gasteiger partial charge in [0.1, 0.15) is 25.4 Å². The van der Waals surface area contributed by atoms with Crippen LogP contribution < -0.4 is 0 Å². The molecule has 123 heavy (non-hydrogen) atoms. The van der Waals surface area contributed by atoms with Gasteiger partial charge in [0.2, 0.25) is 0 Å². The van der Waals surface area contributed by atoms with Crippen LogP contribution in [0.5, 0.6) is 0 Å². The van der Waals surface area contributed by atoms with Gasteiger partial charge in [-0.2, -0.15) is 0 Å². The van der Waals surface area contributed by atoms with Crippen LogP contribution in [-0.4, -0.2) is 95.9 Å². The van der Waals surface area contributed by atoms with Crippen molar-refractivity contribution in [2.75, 3.05) is 39.6 Å². The highest BCUT2D eigenvalue weighted by Gasteiger charge is 2.30. The molecular weight excluding hydrogens is 1580 g/mol. The number of hydrogen-bond donors (Lipinski definition) is 4. The lowest BCUT2D eigenvalue weighted by Gasteiger charge is -2.21. The highest BCUT2D eigenvalue weighted by Crippen LogP contribution is 2.45. The van der Waals surface area contributed by atoms with E-state index in [2.05, 4.69) is 179 Å². The molecule has 0 saturated heterocycles. The summed E-state index contributed by atoms with van der Waals surface area (Å²) in [6, 6.07) is 0. The predicted molar refractivity (Wildman–Crippen MR) is 519 cm³/mol. The van der Waals surface area contributed by atoms with Crippen molar-refractivity contribution in [1.29, 1.82) is 0 Å². The standard InChI is InChI=1S/C105H180O16P2/c1-4-7-10-13-16-19-22-25-28-31-33-35-37-39-41-43-45-47-49-51-53-55-57-59-61-63-65-68-70-73-76-79-82-85-88-91-103(108)115-94-100(106)95-117-122(111,112)118-96-101(107)97-119-123(113,114)120-99-102(121-105(110)93-90-87-84-81-78-75-72-67-30-27-24-21-18-15-12-9-6-3)98-116-104(109)92-89-86-83-80-77-74-71-69-66-64-62-60-58-56-54-52-50-48-46-44-42-40-38-36-34-32-29-26-23-20-17-14-11-8-5-2/h7,9-10,12,16-21,25-30,33-36,39-42,72,75,81,84,100-102,106-107H,4-6,8,11,13-15,22-24,31-32,37-38,43-71,73-74,76-80,82-83,85-99H2,1-3H3,(H,111,112)(H,113,114)/b10-7-,12-9-,19-16-,20-17-,21-18-,28-25-,29-26-,30-27-,35-33-,36-34-,41-39-,42-40-,75-72-,84-81-. The molecule has 0 fully saturated rings. The van der Waals surface area contributed by atoms with Gasteiger partial charge < -0.3 is 34.2 Å². The summed E-state index contributed by atoms with van der Waals surface area (Å²) in [5.41, 5.74) is 0. The fourth-order valence-corrected chi connectivity index (χ4v) is 15.1. The highest BCUT2D eigenvalue weighted by atomic mass is 31.2. The number of aliphatic hydroxyl groups excluding tert-OH is 2. The van der Waals surface area contributed by atoms with Crippen LogP contribution in [0.3, 0.4) is 0 Å². The molecule has 0 aromatic carbocycles. The van der Waals surface area contributed by atoms with Gasteiger partial charge in [0.05, 0.1) is 26.4 Å². The molecule has 0 aliphatic rings. The number of hydrogen-bond acceptors (Lipinski definition) is 14. The van der Waals surface area contributed by atoms with Crippen LogP contribution in [0.1, 0.15) is 419 Å². The summed E-state index contributed by atoms with van der Waals surface area (Å²) in [6.07, 6.45) is 126. The number of allylic oxidation sites excluding steroid dienone is 28. The molecule has 16 nitrogen and oxygen atoms in total. The van der Waals surface area contributed by atoms with Crippen molar-refractivity contribution in [3.8, 4) is 0 Å². The van der Waals surface area contributed by atoms with Gasteiger partial charge in [-0.15, -0.1) is 0 Å². The zero-order valence-corrected chi connectivity index (χ0v) is 79.9. The van der Waals surface area contributed by atoms with E-state index < -0.39 is 91.5 Å². The first kappa shape index (κ1) is 118. The summed E-state index contributed by atoms with van der Waals surface area (Å²) in [5.74, 6) is -1.63. The summed E-state index contributed by atoms with van der Waals surface area (Å²) >= 11 is 0. The molecule has 5 unspecified atom stereocenters. The van der Waals surface area contributed by atoms with E-state index in [0.717, 1.165) is 122 Å².